The number of rotatable bonds is 3. The van der Waals surface area contributed by atoms with Crippen molar-refractivity contribution in [1.82, 2.24) is 14.5 Å². The molecule has 0 N–H and O–H groups in total. The van der Waals surface area contributed by atoms with Gasteiger partial charge in [-0.25, -0.2) is 9.97 Å². The highest BCUT2D eigenvalue weighted by Crippen LogP contribution is 2.51. The van der Waals surface area contributed by atoms with E-state index in [1.165, 1.54) is 48.4 Å². The van der Waals surface area contributed by atoms with E-state index in [0.717, 1.165) is 43.9 Å². The molecule has 0 atom stereocenters. The van der Waals surface area contributed by atoms with E-state index in [0.29, 0.717) is 5.95 Å². The van der Waals surface area contributed by atoms with Crippen LogP contribution in [0, 0.1) is 0 Å². The van der Waals surface area contributed by atoms with Crippen LogP contribution >= 0.6 is 11.3 Å². The van der Waals surface area contributed by atoms with Crippen LogP contribution in [0.5, 0.6) is 0 Å². The molecule has 228 valence electrons. The number of para-hydroxylation sites is 3. The summed E-state index contributed by atoms with van der Waals surface area (Å²) in [6, 6.07) is 56.4. The minimum atomic E-state index is 0.673. The lowest BCUT2D eigenvalue weighted by atomic mass is 9.91. The molecule has 0 aliphatic carbocycles. The third-order valence-corrected chi connectivity index (χ3v) is 11.1. The smallest absolute Gasteiger partial charge is 0.235 e. The first-order valence-corrected chi connectivity index (χ1v) is 17.3. The Morgan fingerprint density at radius 2 is 1.22 bits per heavy atom. The molecular weight excluding hydrogens is 617 g/mol. The van der Waals surface area contributed by atoms with Crippen LogP contribution in [-0.4, -0.2) is 14.5 Å². The van der Waals surface area contributed by atoms with E-state index in [1.807, 2.05) is 0 Å². The van der Waals surface area contributed by atoms with Gasteiger partial charge in [0.05, 0.1) is 38.3 Å². The summed E-state index contributed by atoms with van der Waals surface area (Å²) >= 11 is 1.77. The minimum Gasteiger partial charge on any atom is -0.309 e. The van der Waals surface area contributed by atoms with E-state index in [9.17, 15) is 0 Å². The van der Waals surface area contributed by atoms with E-state index >= 15 is 0 Å². The molecule has 4 nitrogen and oxygen atoms in total. The van der Waals surface area contributed by atoms with Crippen molar-refractivity contribution in [2.45, 2.75) is 0 Å². The van der Waals surface area contributed by atoms with Crippen molar-refractivity contribution in [3.8, 4) is 28.1 Å². The SMILES string of the molecule is c1ccc(-n2c3ccccc3c3cc(-c4nc(N5c6ccccc6-c6cccc7cccc5c67)nc5c4sc4ccccc45)ccc32)cc1. The zero-order valence-electron chi connectivity index (χ0n) is 26.2. The molecule has 0 saturated heterocycles. The highest BCUT2D eigenvalue weighted by Gasteiger charge is 2.29. The molecule has 4 heterocycles. The number of benzene rings is 7. The molecule has 49 heavy (non-hydrogen) atoms. The number of hydrogen-bond acceptors (Lipinski definition) is 4. The molecule has 1 aliphatic rings. The van der Waals surface area contributed by atoms with Crippen molar-refractivity contribution in [3.05, 3.63) is 158 Å². The lowest BCUT2D eigenvalue weighted by Crippen LogP contribution is -2.17. The summed E-state index contributed by atoms with van der Waals surface area (Å²) in [6.07, 6.45) is 0. The average molecular weight is 643 g/mol. The quantitative estimate of drug-likeness (QED) is 0.192. The molecule has 7 aromatic carbocycles. The fourth-order valence-electron chi connectivity index (χ4n) is 7.82. The summed E-state index contributed by atoms with van der Waals surface area (Å²) in [7, 11) is 0. The topological polar surface area (TPSA) is 34.0 Å². The first-order valence-electron chi connectivity index (χ1n) is 16.5. The molecule has 3 aromatic heterocycles. The molecular formula is C44H26N4S. The zero-order chi connectivity index (χ0) is 32.1. The van der Waals surface area contributed by atoms with Gasteiger partial charge in [-0.05, 0) is 59.5 Å². The number of aromatic nitrogens is 3. The fraction of sp³-hybridized carbons (Fsp3) is 0. The van der Waals surface area contributed by atoms with Gasteiger partial charge in [0.2, 0.25) is 5.95 Å². The van der Waals surface area contributed by atoms with Gasteiger partial charge in [0.25, 0.3) is 0 Å². The zero-order valence-corrected chi connectivity index (χ0v) is 27.0. The summed E-state index contributed by atoms with van der Waals surface area (Å²) in [5.41, 5.74) is 11.1. The van der Waals surface area contributed by atoms with E-state index in [4.69, 9.17) is 9.97 Å². The van der Waals surface area contributed by atoms with Crippen molar-refractivity contribution in [2.24, 2.45) is 0 Å². The van der Waals surface area contributed by atoms with Crippen LogP contribution in [0.25, 0.3) is 81.0 Å². The Hall–Kier alpha value is -6.30. The molecule has 0 radical (unpaired) electrons. The van der Waals surface area contributed by atoms with Crippen LogP contribution in [0.2, 0.25) is 0 Å². The van der Waals surface area contributed by atoms with Crippen LogP contribution in [-0.2, 0) is 0 Å². The van der Waals surface area contributed by atoms with Crippen LogP contribution in [0.1, 0.15) is 0 Å². The Balaban J connectivity index is 1.22. The molecule has 0 fully saturated rings. The van der Waals surface area contributed by atoms with Crippen LogP contribution < -0.4 is 4.90 Å². The van der Waals surface area contributed by atoms with Crippen LogP contribution in [0.4, 0.5) is 17.3 Å². The second kappa shape index (κ2) is 10.1. The molecule has 11 rings (SSSR count). The summed E-state index contributed by atoms with van der Waals surface area (Å²) in [6.45, 7) is 0. The monoisotopic (exact) mass is 642 g/mol. The van der Waals surface area contributed by atoms with Gasteiger partial charge < -0.3 is 4.57 Å². The van der Waals surface area contributed by atoms with Gasteiger partial charge in [0, 0.05) is 43.1 Å². The number of thiophene rings is 1. The molecule has 0 amide bonds. The van der Waals surface area contributed by atoms with Crippen molar-refractivity contribution in [3.63, 3.8) is 0 Å². The second-order valence-electron chi connectivity index (χ2n) is 12.6. The van der Waals surface area contributed by atoms with E-state index in [2.05, 4.69) is 167 Å². The third kappa shape index (κ3) is 3.79. The van der Waals surface area contributed by atoms with Crippen molar-refractivity contribution < 1.29 is 0 Å². The van der Waals surface area contributed by atoms with Gasteiger partial charge in [-0.1, -0.05) is 109 Å². The Morgan fingerprint density at radius 3 is 2.14 bits per heavy atom. The maximum Gasteiger partial charge on any atom is 0.235 e. The van der Waals surface area contributed by atoms with Gasteiger partial charge in [-0.3, -0.25) is 4.90 Å². The van der Waals surface area contributed by atoms with Crippen molar-refractivity contribution in [1.29, 1.82) is 0 Å². The Bertz CT molecular complexity index is 2950. The van der Waals surface area contributed by atoms with Gasteiger partial charge in [-0.15, -0.1) is 11.3 Å². The highest BCUT2D eigenvalue weighted by atomic mass is 32.1. The van der Waals surface area contributed by atoms with Crippen LogP contribution in [0.3, 0.4) is 0 Å². The fourth-order valence-corrected chi connectivity index (χ4v) is 8.98. The van der Waals surface area contributed by atoms with Gasteiger partial charge >= 0.3 is 0 Å². The first kappa shape index (κ1) is 26.7. The summed E-state index contributed by atoms with van der Waals surface area (Å²) in [5, 5.41) is 6.00. The van der Waals surface area contributed by atoms with Gasteiger partial charge in [0.15, 0.2) is 0 Å². The Morgan fingerprint density at radius 1 is 0.510 bits per heavy atom. The molecule has 0 saturated carbocycles. The summed E-state index contributed by atoms with van der Waals surface area (Å²) in [5.74, 6) is 0.673. The van der Waals surface area contributed by atoms with Crippen molar-refractivity contribution >= 4 is 81.5 Å². The highest BCUT2D eigenvalue weighted by molar-refractivity contribution is 7.26. The Kier molecular flexibility index (Phi) is 5.51. The average Bonchev–Trinajstić information content (AvgIpc) is 3.71. The van der Waals surface area contributed by atoms with Gasteiger partial charge in [0.1, 0.15) is 0 Å². The molecule has 10 aromatic rings. The first-order chi connectivity index (χ1) is 24.3. The van der Waals surface area contributed by atoms with E-state index < -0.39 is 0 Å². The van der Waals surface area contributed by atoms with E-state index in [1.54, 1.807) is 11.3 Å². The Labute approximate surface area is 285 Å². The lowest BCUT2D eigenvalue weighted by molar-refractivity contribution is 1.12. The third-order valence-electron chi connectivity index (χ3n) is 9.93. The lowest BCUT2D eigenvalue weighted by Gasteiger charge is -2.32. The number of fused-ring (bicyclic) bond motifs is 8. The van der Waals surface area contributed by atoms with E-state index in [-0.39, 0.29) is 0 Å². The summed E-state index contributed by atoms with van der Waals surface area (Å²) in [4.78, 5) is 13.2. The minimum absolute atomic E-state index is 0.673. The molecule has 1 aliphatic heterocycles. The predicted molar refractivity (Wildman–Crippen MR) is 206 cm³/mol. The molecule has 5 heteroatoms. The second-order valence-corrected chi connectivity index (χ2v) is 13.7. The normalized spacial score (nSPS) is 12.4. The van der Waals surface area contributed by atoms with Crippen molar-refractivity contribution in [2.75, 3.05) is 4.90 Å². The molecule has 0 spiro atoms. The van der Waals surface area contributed by atoms with Gasteiger partial charge in [-0.2, -0.15) is 0 Å². The molecule has 0 unspecified atom stereocenters. The number of anilines is 3. The number of hydrogen-bond donors (Lipinski definition) is 0. The maximum atomic E-state index is 5.52. The standard InChI is InChI=1S/C44H26N4S/c1-2-14-29(15-3-1)47-35-20-7-5-17-31(35)34-26-28(24-25-37(34)47)41-43-42(33-18-6-9-23-39(33)49-43)46-44(45-41)48-36-21-8-4-16-30(36)32-19-10-12-27-13-11-22-38(48)40(27)32/h1-26H. The number of nitrogens with zero attached hydrogens (tertiary/aromatic N) is 4. The van der Waals surface area contributed by atoms with Crippen LogP contribution in [0.15, 0.2) is 158 Å². The predicted octanol–water partition coefficient (Wildman–Crippen LogP) is 12.2. The summed E-state index contributed by atoms with van der Waals surface area (Å²) < 4.78 is 4.66. The largest absolute Gasteiger partial charge is 0.309 e. The maximum absolute atomic E-state index is 5.52. The molecule has 0 bridgehead atoms.